The van der Waals surface area contributed by atoms with Gasteiger partial charge >= 0.3 is 0 Å². The van der Waals surface area contributed by atoms with E-state index in [0.717, 1.165) is 13.1 Å². The molecule has 1 saturated heterocycles. The summed E-state index contributed by atoms with van der Waals surface area (Å²) in [5.74, 6) is 0.511. The molecule has 1 aliphatic heterocycles. The van der Waals surface area contributed by atoms with Gasteiger partial charge in [0.15, 0.2) is 0 Å². The summed E-state index contributed by atoms with van der Waals surface area (Å²) >= 11 is 0. The Morgan fingerprint density at radius 2 is 2.15 bits per heavy atom. The molecule has 0 aromatic heterocycles. The first-order valence-corrected chi connectivity index (χ1v) is 4.53. The number of aliphatic hydroxyl groups is 1. The Morgan fingerprint density at radius 3 is 2.77 bits per heavy atom. The van der Waals surface area contributed by atoms with E-state index >= 15 is 0 Å². The molecule has 0 radical (unpaired) electrons. The molecule has 1 rings (SSSR count). The van der Waals surface area contributed by atoms with Crippen LogP contribution in [-0.2, 0) is 4.74 Å². The number of aliphatic hydroxyl groups excluding tert-OH is 1. The Hall–Kier alpha value is -0.870. The Balaban J connectivity index is 2.28. The SMILES string of the molecule is N=C(/C=C\CCO)N1CCOCC1. The van der Waals surface area contributed by atoms with E-state index in [1.54, 1.807) is 6.08 Å². The molecule has 0 spiro atoms. The number of morpholine rings is 1. The van der Waals surface area contributed by atoms with Crippen LogP contribution in [0.25, 0.3) is 0 Å². The van der Waals surface area contributed by atoms with Crippen LogP contribution in [0, 0.1) is 5.41 Å². The van der Waals surface area contributed by atoms with Gasteiger partial charge in [0.2, 0.25) is 0 Å². The lowest BCUT2D eigenvalue weighted by Gasteiger charge is -2.27. The van der Waals surface area contributed by atoms with Crippen LogP contribution in [0.2, 0.25) is 0 Å². The maximum atomic E-state index is 8.53. The lowest BCUT2D eigenvalue weighted by atomic mass is 10.3. The fourth-order valence-corrected chi connectivity index (χ4v) is 1.18. The Labute approximate surface area is 78.3 Å². The van der Waals surface area contributed by atoms with Gasteiger partial charge in [-0.2, -0.15) is 0 Å². The van der Waals surface area contributed by atoms with Gasteiger partial charge in [-0.15, -0.1) is 0 Å². The van der Waals surface area contributed by atoms with Gasteiger partial charge in [0, 0.05) is 19.7 Å². The van der Waals surface area contributed by atoms with Crippen LogP contribution in [0.4, 0.5) is 0 Å². The first-order valence-electron chi connectivity index (χ1n) is 4.53. The summed E-state index contributed by atoms with van der Waals surface area (Å²) in [6, 6.07) is 0. The summed E-state index contributed by atoms with van der Waals surface area (Å²) in [6.45, 7) is 3.14. The summed E-state index contributed by atoms with van der Waals surface area (Å²) in [7, 11) is 0. The molecule has 0 atom stereocenters. The minimum Gasteiger partial charge on any atom is -0.396 e. The summed E-state index contributed by atoms with van der Waals surface area (Å²) in [4.78, 5) is 1.97. The molecular formula is C9H16N2O2. The molecule has 0 amide bonds. The van der Waals surface area contributed by atoms with E-state index in [0.29, 0.717) is 25.5 Å². The van der Waals surface area contributed by atoms with Gasteiger partial charge in [0.25, 0.3) is 0 Å². The van der Waals surface area contributed by atoms with Crippen LogP contribution in [0.15, 0.2) is 12.2 Å². The Kier molecular flexibility index (Phi) is 4.49. The van der Waals surface area contributed by atoms with Gasteiger partial charge in [-0.05, 0) is 12.5 Å². The number of ether oxygens (including phenoxy) is 1. The molecule has 2 N–H and O–H groups in total. The van der Waals surface area contributed by atoms with Crippen molar-refractivity contribution in [3.05, 3.63) is 12.2 Å². The molecule has 1 fully saturated rings. The molecule has 0 aliphatic carbocycles. The zero-order valence-corrected chi connectivity index (χ0v) is 7.70. The van der Waals surface area contributed by atoms with Crippen molar-refractivity contribution in [1.29, 1.82) is 5.41 Å². The highest BCUT2D eigenvalue weighted by molar-refractivity contribution is 5.90. The predicted molar refractivity (Wildman–Crippen MR) is 51.0 cm³/mol. The van der Waals surface area contributed by atoms with E-state index < -0.39 is 0 Å². The van der Waals surface area contributed by atoms with Gasteiger partial charge < -0.3 is 14.7 Å². The van der Waals surface area contributed by atoms with Crippen LogP contribution in [0.3, 0.4) is 0 Å². The summed E-state index contributed by atoms with van der Waals surface area (Å²) in [5, 5.41) is 16.2. The van der Waals surface area contributed by atoms with Crippen molar-refractivity contribution in [3.8, 4) is 0 Å². The van der Waals surface area contributed by atoms with Crippen molar-refractivity contribution in [1.82, 2.24) is 4.90 Å². The third-order valence-electron chi connectivity index (χ3n) is 1.92. The second kappa shape index (κ2) is 5.72. The second-order valence-corrected chi connectivity index (χ2v) is 2.90. The molecule has 4 nitrogen and oxygen atoms in total. The van der Waals surface area contributed by atoms with Crippen molar-refractivity contribution in [2.75, 3.05) is 32.9 Å². The fraction of sp³-hybridized carbons (Fsp3) is 0.667. The van der Waals surface area contributed by atoms with Crippen LogP contribution in [0.1, 0.15) is 6.42 Å². The monoisotopic (exact) mass is 184 g/mol. The zero-order chi connectivity index (χ0) is 9.52. The van der Waals surface area contributed by atoms with E-state index in [9.17, 15) is 0 Å². The summed E-state index contributed by atoms with van der Waals surface area (Å²) in [5.41, 5.74) is 0. The van der Waals surface area contributed by atoms with Crippen molar-refractivity contribution in [3.63, 3.8) is 0 Å². The molecule has 1 aliphatic rings. The third kappa shape index (κ3) is 3.57. The highest BCUT2D eigenvalue weighted by Gasteiger charge is 2.10. The molecule has 0 unspecified atom stereocenters. The fourth-order valence-electron chi connectivity index (χ4n) is 1.18. The van der Waals surface area contributed by atoms with Crippen molar-refractivity contribution in [2.45, 2.75) is 6.42 Å². The van der Waals surface area contributed by atoms with E-state index in [4.69, 9.17) is 15.3 Å². The standard InChI is InChI=1S/C9H16N2O2/c10-9(3-1-2-6-12)11-4-7-13-8-5-11/h1,3,10,12H,2,4-8H2/b3-1-,10-9?. The Morgan fingerprint density at radius 1 is 1.46 bits per heavy atom. The number of rotatable bonds is 3. The van der Waals surface area contributed by atoms with E-state index in [1.807, 2.05) is 11.0 Å². The smallest absolute Gasteiger partial charge is 0.120 e. The molecule has 1 heterocycles. The lowest BCUT2D eigenvalue weighted by molar-refractivity contribution is 0.0681. The molecule has 0 aromatic rings. The largest absolute Gasteiger partial charge is 0.396 e. The highest BCUT2D eigenvalue weighted by atomic mass is 16.5. The van der Waals surface area contributed by atoms with E-state index in [2.05, 4.69) is 0 Å². The molecule has 4 heteroatoms. The van der Waals surface area contributed by atoms with Gasteiger partial charge in [0.05, 0.1) is 13.2 Å². The minimum absolute atomic E-state index is 0.146. The normalized spacial score (nSPS) is 18.1. The number of hydrogen-bond donors (Lipinski definition) is 2. The van der Waals surface area contributed by atoms with Gasteiger partial charge in [-0.3, -0.25) is 5.41 Å². The van der Waals surface area contributed by atoms with Gasteiger partial charge in [-0.25, -0.2) is 0 Å². The quantitative estimate of drug-likeness (QED) is 0.488. The number of nitrogens with zero attached hydrogens (tertiary/aromatic N) is 1. The average molecular weight is 184 g/mol. The number of amidine groups is 1. The van der Waals surface area contributed by atoms with Gasteiger partial charge in [0.1, 0.15) is 5.84 Å². The zero-order valence-electron chi connectivity index (χ0n) is 7.70. The third-order valence-corrected chi connectivity index (χ3v) is 1.92. The van der Waals surface area contributed by atoms with Crippen molar-refractivity contribution in [2.24, 2.45) is 0 Å². The summed E-state index contributed by atoms with van der Waals surface area (Å²) in [6.07, 6.45) is 4.17. The van der Waals surface area contributed by atoms with E-state index in [-0.39, 0.29) is 6.61 Å². The van der Waals surface area contributed by atoms with Crippen LogP contribution >= 0.6 is 0 Å². The van der Waals surface area contributed by atoms with E-state index in [1.165, 1.54) is 0 Å². The predicted octanol–water partition coefficient (Wildman–Crippen LogP) is 0.234. The molecule has 13 heavy (non-hydrogen) atoms. The average Bonchev–Trinajstić information content (AvgIpc) is 2.19. The van der Waals surface area contributed by atoms with Crippen molar-refractivity contribution >= 4 is 5.84 Å². The van der Waals surface area contributed by atoms with Crippen LogP contribution in [-0.4, -0.2) is 48.8 Å². The first kappa shape index (κ1) is 10.2. The molecule has 0 bridgehead atoms. The molecular weight excluding hydrogens is 168 g/mol. The van der Waals surface area contributed by atoms with Crippen molar-refractivity contribution < 1.29 is 9.84 Å². The Bertz CT molecular complexity index is 186. The lowest BCUT2D eigenvalue weighted by Crippen LogP contribution is -2.39. The maximum absolute atomic E-state index is 8.53. The first-order chi connectivity index (χ1) is 6.34. The highest BCUT2D eigenvalue weighted by Crippen LogP contribution is 1.98. The number of nitrogens with one attached hydrogen (secondary N) is 1. The second-order valence-electron chi connectivity index (χ2n) is 2.90. The summed E-state index contributed by atoms with van der Waals surface area (Å²) < 4.78 is 5.17. The molecule has 0 aromatic carbocycles. The minimum atomic E-state index is 0.146. The van der Waals surface area contributed by atoms with Gasteiger partial charge in [-0.1, -0.05) is 6.08 Å². The molecule has 74 valence electrons. The van der Waals surface area contributed by atoms with Crippen LogP contribution in [0.5, 0.6) is 0 Å². The molecule has 0 saturated carbocycles. The number of hydrogen-bond acceptors (Lipinski definition) is 3. The maximum Gasteiger partial charge on any atom is 0.120 e. The topological polar surface area (TPSA) is 56.5 Å². The van der Waals surface area contributed by atoms with Crippen LogP contribution < -0.4 is 0 Å².